The maximum Gasteiger partial charge on any atom is 0.252 e. The number of hydrogen-bond donors (Lipinski definition) is 1. The molecule has 1 N–H and O–H groups in total. The zero-order valence-corrected chi connectivity index (χ0v) is 22.3. The van der Waals surface area contributed by atoms with E-state index >= 15 is 0 Å². The molecule has 1 aliphatic carbocycles. The Morgan fingerprint density at radius 2 is 1.88 bits per heavy atom. The van der Waals surface area contributed by atoms with Crippen LogP contribution < -0.4 is 15.1 Å². The van der Waals surface area contributed by atoms with Gasteiger partial charge < -0.3 is 10.2 Å². The third kappa shape index (κ3) is 6.12. The summed E-state index contributed by atoms with van der Waals surface area (Å²) in [5, 5.41) is 12.1. The normalized spacial score (nSPS) is 18.9. The van der Waals surface area contributed by atoms with Crippen molar-refractivity contribution in [2.24, 2.45) is 0 Å². The SMILES string of the molecule is N#Cc1ccnc(N2C(=O)CCC2CN(c2cc(F)cc(F)c2)C(C(=O)NC2CC(F)(F)C2)c2ccccc2Cl)c1. The van der Waals surface area contributed by atoms with E-state index in [0.717, 1.165) is 12.1 Å². The zero-order valence-electron chi connectivity index (χ0n) is 21.5. The lowest BCUT2D eigenvalue weighted by Gasteiger charge is -2.40. The fourth-order valence-corrected chi connectivity index (χ4v) is 5.57. The van der Waals surface area contributed by atoms with Crippen molar-refractivity contribution in [1.29, 1.82) is 5.26 Å². The van der Waals surface area contributed by atoms with Crippen LogP contribution in [0.1, 0.15) is 42.9 Å². The summed E-state index contributed by atoms with van der Waals surface area (Å²) in [7, 11) is 0. The number of anilines is 2. The van der Waals surface area contributed by atoms with E-state index in [0.29, 0.717) is 12.5 Å². The van der Waals surface area contributed by atoms with Crippen LogP contribution in [0.25, 0.3) is 0 Å². The van der Waals surface area contributed by atoms with Crippen molar-refractivity contribution < 1.29 is 27.2 Å². The molecular formula is C29H24ClF4N5O2. The Hall–Kier alpha value is -4.17. The number of carbonyl (C=O) groups excluding carboxylic acids is 2. The van der Waals surface area contributed by atoms with Crippen molar-refractivity contribution in [3.05, 3.63) is 88.6 Å². The summed E-state index contributed by atoms with van der Waals surface area (Å²) in [6.07, 6.45) is 0.777. The number of aromatic nitrogens is 1. The van der Waals surface area contributed by atoms with Gasteiger partial charge in [-0.25, -0.2) is 22.5 Å². The Morgan fingerprint density at radius 3 is 2.54 bits per heavy atom. The van der Waals surface area contributed by atoms with Crippen LogP contribution in [0.2, 0.25) is 5.02 Å². The average molecular weight is 586 g/mol. The summed E-state index contributed by atoms with van der Waals surface area (Å²) in [6, 6.07) is 11.4. The number of nitrogens with zero attached hydrogens (tertiary/aromatic N) is 4. The van der Waals surface area contributed by atoms with Crippen LogP contribution in [0.4, 0.5) is 29.1 Å². The Kier molecular flexibility index (Phi) is 7.87. The third-order valence-electron chi connectivity index (χ3n) is 7.23. The topological polar surface area (TPSA) is 89.3 Å². The highest BCUT2D eigenvalue weighted by molar-refractivity contribution is 6.31. The minimum Gasteiger partial charge on any atom is -0.354 e. The van der Waals surface area contributed by atoms with Gasteiger partial charge in [-0.3, -0.25) is 14.5 Å². The Bertz CT molecular complexity index is 1500. The third-order valence-corrected chi connectivity index (χ3v) is 7.57. The van der Waals surface area contributed by atoms with Crippen LogP contribution in [-0.2, 0) is 9.59 Å². The Morgan fingerprint density at radius 1 is 1.17 bits per heavy atom. The smallest absolute Gasteiger partial charge is 0.252 e. The number of carbonyl (C=O) groups is 2. The van der Waals surface area contributed by atoms with E-state index in [-0.39, 0.29) is 46.5 Å². The molecule has 212 valence electrons. The minimum atomic E-state index is -2.89. The van der Waals surface area contributed by atoms with Crippen LogP contribution in [0.5, 0.6) is 0 Å². The van der Waals surface area contributed by atoms with Gasteiger partial charge >= 0.3 is 0 Å². The Labute approximate surface area is 238 Å². The predicted molar refractivity (Wildman–Crippen MR) is 143 cm³/mol. The molecule has 1 aromatic heterocycles. The van der Waals surface area contributed by atoms with Gasteiger partial charge in [0.25, 0.3) is 5.92 Å². The maximum atomic E-state index is 14.5. The molecule has 2 fully saturated rings. The van der Waals surface area contributed by atoms with Crippen molar-refractivity contribution >= 4 is 34.9 Å². The largest absolute Gasteiger partial charge is 0.354 e. The first-order chi connectivity index (χ1) is 19.5. The van der Waals surface area contributed by atoms with Crippen LogP contribution >= 0.6 is 11.6 Å². The first-order valence-electron chi connectivity index (χ1n) is 12.9. The quantitative estimate of drug-likeness (QED) is 0.351. The molecule has 7 nitrogen and oxygen atoms in total. The second kappa shape index (κ2) is 11.4. The first kappa shape index (κ1) is 28.4. The molecule has 41 heavy (non-hydrogen) atoms. The summed E-state index contributed by atoms with van der Waals surface area (Å²) in [6.45, 7) is -0.1000. The number of benzene rings is 2. The molecule has 2 aliphatic rings. The highest BCUT2D eigenvalue weighted by Crippen LogP contribution is 2.39. The zero-order chi connectivity index (χ0) is 29.3. The second-order valence-electron chi connectivity index (χ2n) is 10.1. The molecule has 1 aliphatic heterocycles. The standard InChI is InChI=1S/C29H24ClF4N5O2/c30-24-4-2-1-3-23(24)27(28(41)37-20-13-29(33,34)14-20)38(22-11-18(31)10-19(32)12-22)16-21-5-6-26(40)39(21)25-9-17(15-35)7-8-36-25/h1-4,7-12,20-21,27H,5-6,13-14,16H2,(H,37,41). The molecule has 0 bridgehead atoms. The van der Waals surface area contributed by atoms with Gasteiger partial charge in [0.15, 0.2) is 0 Å². The van der Waals surface area contributed by atoms with Gasteiger partial charge in [-0.05, 0) is 36.8 Å². The molecule has 1 saturated carbocycles. The number of rotatable bonds is 8. The average Bonchev–Trinajstić information content (AvgIpc) is 3.27. The van der Waals surface area contributed by atoms with E-state index in [1.165, 1.54) is 28.1 Å². The van der Waals surface area contributed by atoms with Gasteiger partial charge in [-0.1, -0.05) is 29.8 Å². The minimum absolute atomic E-state index is 0.0143. The van der Waals surface area contributed by atoms with Gasteiger partial charge in [-0.15, -0.1) is 0 Å². The van der Waals surface area contributed by atoms with Gasteiger partial charge in [0.1, 0.15) is 23.5 Å². The summed E-state index contributed by atoms with van der Waals surface area (Å²) < 4.78 is 56.2. The molecule has 0 radical (unpaired) electrons. The fraction of sp³-hybridized carbons (Fsp3) is 0.310. The summed E-state index contributed by atoms with van der Waals surface area (Å²) in [5.74, 6) is -5.44. The summed E-state index contributed by atoms with van der Waals surface area (Å²) in [4.78, 5) is 33.8. The Balaban J connectivity index is 1.58. The molecular weight excluding hydrogens is 562 g/mol. The number of halogens is 5. The lowest BCUT2D eigenvalue weighted by molar-refractivity contribution is -0.130. The van der Waals surface area contributed by atoms with Crippen molar-refractivity contribution in [2.45, 2.75) is 49.7 Å². The predicted octanol–water partition coefficient (Wildman–Crippen LogP) is 5.54. The molecule has 2 amide bonds. The van der Waals surface area contributed by atoms with E-state index < -0.39 is 54.4 Å². The number of nitrogens with one attached hydrogen (secondary N) is 1. The number of amides is 2. The number of hydrogen-bond acceptors (Lipinski definition) is 5. The lowest BCUT2D eigenvalue weighted by Crippen LogP contribution is -2.54. The molecule has 2 unspecified atom stereocenters. The van der Waals surface area contributed by atoms with Crippen molar-refractivity contribution in [1.82, 2.24) is 10.3 Å². The van der Waals surface area contributed by atoms with Crippen LogP contribution in [-0.4, -0.2) is 41.3 Å². The van der Waals surface area contributed by atoms with Gasteiger partial charge in [0.2, 0.25) is 11.8 Å². The van der Waals surface area contributed by atoms with E-state index in [1.807, 2.05) is 6.07 Å². The molecule has 1 saturated heterocycles. The van der Waals surface area contributed by atoms with E-state index in [1.54, 1.807) is 24.3 Å². The van der Waals surface area contributed by atoms with Crippen LogP contribution in [0, 0.1) is 23.0 Å². The molecule has 2 heterocycles. The molecule has 5 rings (SSSR count). The molecule has 0 spiro atoms. The van der Waals surface area contributed by atoms with Gasteiger partial charge in [0, 0.05) is 60.4 Å². The number of pyridine rings is 1. The van der Waals surface area contributed by atoms with Crippen molar-refractivity contribution in [2.75, 3.05) is 16.3 Å². The van der Waals surface area contributed by atoms with E-state index in [4.69, 9.17) is 11.6 Å². The number of nitriles is 1. The van der Waals surface area contributed by atoms with Crippen LogP contribution in [0.3, 0.4) is 0 Å². The van der Waals surface area contributed by atoms with E-state index in [9.17, 15) is 32.4 Å². The molecule has 3 aromatic rings. The maximum absolute atomic E-state index is 14.5. The molecule has 2 aromatic carbocycles. The highest BCUT2D eigenvalue weighted by atomic mass is 35.5. The van der Waals surface area contributed by atoms with Gasteiger partial charge in [0.05, 0.1) is 17.7 Å². The highest BCUT2D eigenvalue weighted by Gasteiger charge is 2.47. The fourth-order valence-electron chi connectivity index (χ4n) is 5.33. The summed E-state index contributed by atoms with van der Waals surface area (Å²) in [5.41, 5.74) is 0.547. The van der Waals surface area contributed by atoms with Crippen molar-refractivity contribution in [3.8, 4) is 6.07 Å². The monoisotopic (exact) mass is 585 g/mol. The molecule has 12 heteroatoms. The first-order valence-corrected chi connectivity index (χ1v) is 13.3. The van der Waals surface area contributed by atoms with Gasteiger partial charge in [-0.2, -0.15) is 5.26 Å². The van der Waals surface area contributed by atoms with Crippen molar-refractivity contribution in [3.63, 3.8) is 0 Å². The lowest BCUT2D eigenvalue weighted by atomic mass is 9.87. The van der Waals surface area contributed by atoms with Crippen LogP contribution in [0.15, 0.2) is 60.8 Å². The summed E-state index contributed by atoms with van der Waals surface area (Å²) >= 11 is 6.50. The molecule has 2 atom stereocenters. The second-order valence-corrected chi connectivity index (χ2v) is 10.6. The van der Waals surface area contributed by atoms with E-state index in [2.05, 4.69) is 10.3 Å². The number of alkyl halides is 2.